The molecule has 1 atom stereocenters. The molecule has 0 bridgehead atoms. The highest BCUT2D eigenvalue weighted by molar-refractivity contribution is 5.77. The van der Waals surface area contributed by atoms with Gasteiger partial charge in [-0.1, -0.05) is 48.5 Å². The SMILES string of the molecule is CCC(C)(C)C(C)(CC(C)C)C(=O)OCC(C)(C)CC(F)(F)C(F)(F)C(F)(F)C(F)(F)F. The van der Waals surface area contributed by atoms with E-state index in [1.807, 2.05) is 20.8 Å². The molecule has 1 unspecified atom stereocenters. The van der Waals surface area contributed by atoms with E-state index in [9.17, 15) is 44.3 Å². The molecule has 192 valence electrons. The highest BCUT2D eigenvalue weighted by atomic mass is 19.4. The maximum absolute atomic E-state index is 14.0. The van der Waals surface area contributed by atoms with Gasteiger partial charge in [-0.05, 0) is 31.1 Å². The first-order chi connectivity index (χ1) is 13.8. The third-order valence-corrected chi connectivity index (χ3v) is 6.15. The molecule has 0 aliphatic rings. The lowest BCUT2D eigenvalue weighted by Gasteiger charge is -2.43. The molecular weight excluding hydrogens is 455 g/mol. The minimum atomic E-state index is -6.95. The van der Waals surface area contributed by atoms with Gasteiger partial charge in [0, 0.05) is 11.8 Å². The third-order valence-electron chi connectivity index (χ3n) is 6.15. The van der Waals surface area contributed by atoms with Gasteiger partial charge in [-0.25, -0.2) is 0 Å². The van der Waals surface area contributed by atoms with Gasteiger partial charge in [0.05, 0.1) is 12.0 Å². The minimum Gasteiger partial charge on any atom is -0.465 e. The molecule has 0 aliphatic heterocycles. The Balaban J connectivity index is 5.70. The number of ether oxygens (including phenoxy) is 1. The summed E-state index contributed by atoms with van der Waals surface area (Å²) in [6.07, 6.45) is -8.03. The van der Waals surface area contributed by atoms with Crippen LogP contribution in [-0.4, -0.2) is 36.5 Å². The lowest BCUT2D eigenvalue weighted by Crippen LogP contribution is -2.61. The van der Waals surface area contributed by atoms with E-state index in [0.29, 0.717) is 12.8 Å². The van der Waals surface area contributed by atoms with E-state index in [1.165, 1.54) is 0 Å². The van der Waals surface area contributed by atoms with Crippen LogP contribution >= 0.6 is 0 Å². The first-order valence-electron chi connectivity index (χ1n) is 10.2. The summed E-state index contributed by atoms with van der Waals surface area (Å²) in [5.74, 6) is -20.1. The van der Waals surface area contributed by atoms with Gasteiger partial charge in [-0.3, -0.25) is 4.79 Å². The predicted molar refractivity (Wildman–Crippen MR) is 102 cm³/mol. The zero-order valence-corrected chi connectivity index (χ0v) is 19.6. The van der Waals surface area contributed by atoms with Gasteiger partial charge in [-0.15, -0.1) is 0 Å². The zero-order valence-electron chi connectivity index (χ0n) is 19.6. The lowest BCUT2D eigenvalue weighted by atomic mass is 9.61. The van der Waals surface area contributed by atoms with E-state index < -0.39 is 59.2 Å². The van der Waals surface area contributed by atoms with Crippen molar-refractivity contribution < 1.29 is 49.0 Å². The molecule has 32 heavy (non-hydrogen) atoms. The number of hydrogen-bond acceptors (Lipinski definition) is 2. The predicted octanol–water partition coefficient (Wildman–Crippen LogP) is 7.90. The molecule has 0 aromatic carbocycles. The largest absolute Gasteiger partial charge is 0.465 e. The normalized spacial score (nSPS) is 16.8. The van der Waals surface area contributed by atoms with Gasteiger partial charge >= 0.3 is 29.9 Å². The molecule has 2 nitrogen and oxygen atoms in total. The number of esters is 1. The molecular formula is C21H33F9O2. The summed E-state index contributed by atoms with van der Waals surface area (Å²) in [4.78, 5) is 12.9. The highest BCUT2D eigenvalue weighted by Gasteiger charge is 2.81. The Kier molecular flexibility index (Phi) is 8.90. The van der Waals surface area contributed by atoms with Crippen molar-refractivity contribution in [2.45, 2.75) is 98.6 Å². The molecule has 0 saturated carbocycles. The quantitative estimate of drug-likeness (QED) is 0.218. The number of rotatable bonds is 11. The first kappa shape index (κ1) is 30.8. The van der Waals surface area contributed by atoms with Crippen molar-refractivity contribution in [2.75, 3.05) is 6.61 Å². The summed E-state index contributed by atoms with van der Waals surface area (Å²) in [6.45, 7) is 11.7. The fourth-order valence-electron chi connectivity index (χ4n) is 3.43. The lowest BCUT2D eigenvalue weighted by molar-refractivity contribution is -0.399. The molecule has 0 N–H and O–H groups in total. The molecule has 0 spiro atoms. The molecule has 0 amide bonds. The van der Waals surface area contributed by atoms with Gasteiger partial charge < -0.3 is 4.74 Å². The fraction of sp³-hybridized carbons (Fsp3) is 0.952. The van der Waals surface area contributed by atoms with Crippen LogP contribution in [0.15, 0.2) is 0 Å². The highest BCUT2D eigenvalue weighted by Crippen LogP contribution is 2.56. The van der Waals surface area contributed by atoms with Crippen molar-refractivity contribution in [1.82, 2.24) is 0 Å². The monoisotopic (exact) mass is 488 g/mol. The standard InChI is InChI=1S/C21H33F9O2/c1-9-16(6,7)17(8,10-13(2)3)14(31)32-12-15(4,5)11-18(22,23)19(24,25)20(26,27)21(28,29)30/h13H,9-12H2,1-8H3. The molecule has 0 aromatic heterocycles. The van der Waals surface area contributed by atoms with E-state index in [-0.39, 0.29) is 5.92 Å². The van der Waals surface area contributed by atoms with Gasteiger partial charge in [0.1, 0.15) is 0 Å². The van der Waals surface area contributed by atoms with Crippen LogP contribution in [0.4, 0.5) is 39.5 Å². The van der Waals surface area contributed by atoms with Gasteiger partial charge in [0.25, 0.3) is 0 Å². The number of carbonyl (C=O) groups excluding carboxylic acids is 1. The number of carbonyl (C=O) groups is 1. The van der Waals surface area contributed by atoms with Crippen LogP contribution in [0.1, 0.15) is 74.7 Å². The van der Waals surface area contributed by atoms with Gasteiger partial charge in [-0.2, -0.15) is 39.5 Å². The molecule has 0 saturated heterocycles. The van der Waals surface area contributed by atoms with Crippen molar-refractivity contribution in [3.8, 4) is 0 Å². The summed E-state index contributed by atoms with van der Waals surface area (Å²) in [5, 5.41) is 0. The van der Waals surface area contributed by atoms with E-state index in [0.717, 1.165) is 13.8 Å². The first-order valence-corrected chi connectivity index (χ1v) is 10.2. The Morgan fingerprint density at radius 3 is 1.59 bits per heavy atom. The fourth-order valence-corrected chi connectivity index (χ4v) is 3.43. The molecule has 0 fully saturated rings. The summed E-state index contributed by atoms with van der Waals surface area (Å²) in [6, 6.07) is 0. The van der Waals surface area contributed by atoms with Crippen LogP contribution in [0.5, 0.6) is 0 Å². The van der Waals surface area contributed by atoms with E-state index in [1.54, 1.807) is 20.8 Å². The van der Waals surface area contributed by atoms with E-state index >= 15 is 0 Å². The number of alkyl halides is 9. The maximum atomic E-state index is 14.0. The van der Waals surface area contributed by atoms with Crippen molar-refractivity contribution in [3.63, 3.8) is 0 Å². The van der Waals surface area contributed by atoms with Crippen LogP contribution in [0.25, 0.3) is 0 Å². The third kappa shape index (κ3) is 6.04. The summed E-state index contributed by atoms with van der Waals surface area (Å²) < 4.78 is 124. The Morgan fingerprint density at radius 1 is 0.812 bits per heavy atom. The van der Waals surface area contributed by atoms with Gasteiger partial charge in [0.15, 0.2) is 0 Å². The summed E-state index contributed by atoms with van der Waals surface area (Å²) in [7, 11) is 0. The average Bonchev–Trinajstić information content (AvgIpc) is 2.56. The Hall–Kier alpha value is -1.16. The molecule has 0 radical (unpaired) electrons. The van der Waals surface area contributed by atoms with Gasteiger partial charge in [0.2, 0.25) is 0 Å². The summed E-state index contributed by atoms with van der Waals surface area (Å²) in [5.41, 5.74) is -3.70. The van der Waals surface area contributed by atoms with Crippen molar-refractivity contribution >= 4 is 5.97 Å². The molecule has 0 aromatic rings. The molecule has 0 aliphatic carbocycles. The topological polar surface area (TPSA) is 26.3 Å². The van der Waals surface area contributed by atoms with Crippen molar-refractivity contribution in [1.29, 1.82) is 0 Å². The second-order valence-corrected chi connectivity index (χ2v) is 10.4. The van der Waals surface area contributed by atoms with E-state index in [4.69, 9.17) is 4.74 Å². The molecule has 11 heteroatoms. The van der Waals surface area contributed by atoms with Crippen molar-refractivity contribution in [3.05, 3.63) is 0 Å². The Bertz CT molecular complexity index is 652. The van der Waals surface area contributed by atoms with Crippen LogP contribution < -0.4 is 0 Å². The Labute approximate surface area is 183 Å². The number of hydrogen-bond donors (Lipinski definition) is 0. The Morgan fingerprint density at radius 2 is 1.25 bits per heavy atom. The van der Waals surface area contributed by atoms with Crippen LogP contribution in [0.2, 0.25) is 0 Å². The second-order valence-electron chi connectivity index (χ2n) is 10.4. The zero-order chi connectivity index (χ0) is 26.2. The maximum Gasteiger partial charge on any atom is 0.460 e. The summed E-state index contributed by atoms with van der Waals surface area (Å²) >= 11 is 0. The minimum absolute atomic E-state index is 0.0408. The average molecular weight is 488 g/mol. The van der Waals surface area contributed by atoms with Crippen LogP contribution in [-0.2, 0) is 9.53 Å². The molecule has 0 heterocycles. The van der Waals surface area contributed by atoms with E-state index in [2.05, 4.69) is 0 Å². The smallest absolute Gasteiger partial charge is 0.460 e. The van der Waals surface area contributed by atoms with Crippen LogP contribution in [0.3, 0.4) is 0 Å². The van der Waals surface area contributed by atoms with Crippen molar-refractivity contribution in [2.24, 2.45) is 22.2 Å². The number of halogens is 9. The second kappa shape index (κ2) is 9.24. The molecule has 0 rings (SSSR count). The van der Waals surface area contributed by atoms with Crippen LogP contribution in [0, 0.1) is 22.2 Å².